The van der Waals surface area contributed by atoms with Gasteiger partial charge in [0.15, 0.2) is 6.61 Å². The molecule has 0 rings (SSSR count). The van der Waals surface area contributed by atoms with E-state index < -0.39 is 6.09 Å². The normalized spacial score (nSPS) is 9.33. The Bertz CT molecular complexity index is 199. The highest BCUT2D eigenvalue weighted by Crippen LogP contribution is 1.97. The second kappa shape index (κ2) is 10.9. The first-order valence-electron chi connectivity index (χ1n) is 5.30. The number of alkyl carbamates (subject to hydrolysis) is 1. The Kier molecular flexibility index (Phi) is 9.99. The average Bonchev–Trinajstić information content (AvgIpc) is 2.25. The number of hydrogen-bond donors (Lipinski definition) is 2. The van der Waals surface area contributed by atoms with E-state index in [2.05, 4.69) is 21.3 Å². The van der Waals surface area contributed by atoms with Gasteiger partial charge in [0, 0.05) is 6.54 Å². The van der Waals surface area contributed by atoms with E-state index in [-0.39, 0.29) is 6.61 Å². The predicted octanol–water partition coefficient (Wildman–Crippen LogP) is 1.13. The van der Waals surface area contributed by atoms with Crippen LogP contribution in [0.5, 0.6) is 0 Å². The number of amides is 1. The molecule has 0 spiro atoms. The minimum Gasteiger partial charge on any atom is -0.436 e. The Balaban J connectivity index is 3.10. The minimum atomic E-state index is -0.428. The number of hydrogen-bond acceptors (Lipinski definition) is 3. The zero-order chi connectivity index (χ0) is 11.4. The highest BCUT2D eigenvalue weighted by atomic mass is 16.5. The number of carbonyl (C=O) groups excluding carboxylic acids is 1. The summed E-state index contributed by atoms with van der Waals surface area (Å²) >= 11 is 0. The van der Waals surface area contributed by atoms with E-state index in [0.717, 1.165) is 19.4 Å². The number of carbonyl (C=O) groups is 1. The van der Waals surface area contributed by atoms with Crippen LogP contribution in [0.25, 0.3) is 0 Å². The minimum absolute atomic E-state index is 0.0357. The molecule has 0 fully saturated rings. The zero-order valence-corrected chi connectivity index (χ0v) is 9.34. The number of nitrogens with one attached hydrogen (secondary N) is 2. The molecule has 0 saturated heterocycles. The lowest BCUT2D eigenvalue weighted by atomic mass is 10.2. The molecule has 0 bridgehead atoms. The van der Waals surface area contributed by atoms with Gasteiger partial charge in [-0.15, -0.1) is 6.42 Å². The van der Waals surface area contributed by atoms with Gasteiger partial charge in [0.25, 0.3) is 0 Å². The van der Waals surface area contributed by atoms with E-state index in [4.69, 9.17) is 6.42 Å². The monoisotopic (exact) mass is 212 g/mol. The summed E-state index contributed by atoms with van der Waals surface area (Å²) in [5, 5.41) is 5.73. The van der Waals surface area contributed by atoms with Gasteiger partial charge in [-0.25, -0.2) is 4.79 Å². The van der Waals surface area contributed by atoms with Gasteiger partial charge in [-0.1, -0.05) is 18.8 Å². The van der Waals surface area contributed by atoms with Crippen LogP contribution < -0.4 is 10.6 Å². The van der Waals surface area contributed by atoms with Crippen LogP contribution in [0, 0.1) is 12.3 Å². The maximum Gasteiger partial charge on any atom is 0.408 e. The molecule has 0 heterocycles. The van der Waals surface area contributed by atoms with E-state index in [9.17, 15) is 4.79 Å². The summed E-state index contributed by atoms with van der Waals surface area (Å²) in [6.07, 6.45) is 8.98. The van der Waals surface area contributed by atoms with E-state index in [1.165, 1.54) is 12.8 Å². The number of unbranched alkanes of at least 4 members (excludes halogenated alkanes) is 3. The average molecular weight is 212 g/mol. The van der Waals surface area contributed by atoms with Crippen molar-refractivity contribution in [2.24, 2.45) is 0 Å². The first kappa shape index (κ1) is 13.8. The maximum absolute atomic E-state index is 10.9. The van der Waals surface area contributed by atoms with Crippen molar-refractivity contribution in [3.63, 3.8) is 0 Å². The standard InChI is InChI=1S/C11H20N2O2/c1-3-10-15-11(14)13-9-7-5-4-6-8-12-2/h1,12H,4-10H2,2H3,(H,13,14). The second-order valence-corrected chi connectivity index (χ2v) is 3.22. The van der Waals surface area contributed by atoms with Gasteiger partial charge >= 0.3 is 6.09 Å². The van der Waals surface area contributed by atoms with Crippen LogP contribution in [-0.4, -0.2) is 32.8 Å². The van der Waals surface area contributed by atoms with Crippen LogP contribution in [0.3, 0.4) is 0 Å². The van der Waals surface area contributed by atoms with Crippen molar-refractivity contribution in [2.75, 3.05) is 26.7 Å². The Morgan fingerprint density at radius 2 is 1.93 bits per heavy atom. The molecular formula is C11H20N2O2. The van der Waals surface area contributed by atoms with Crippen LogP contribution in [0.2, 0.25) is 0 Å². The molecule has 0 aromatic rings. The van der Waals surface area contributed by atoms with E-state index in [1.54, 1.807) is 0 Å². The summed E-state index contributed by atoms with van der Waals surface area (Å²) in [5.41, 5.74) is 0. The fourth-order valence-electron chi connectivity index (χ4n) is 1.13. The molecule has 4 nitrogen and oxygen atoms in total. The predicted molar refractivity (Wildman–Crippen MR) is 60.6 cm³/mol. The molecule has 0 aliphatic heterocycles. The zero-order valence-electron chi connectivity index (χ0n) is 9.34. The maximum atomic E-state index is 10.9. The summed E-state index contributed by atoms with van der Waals surface area (Å²) in [6.45, 7) is 1.74. The molecule has 0 aromatic heterocycles. The molecule has 0 atom stereocenters. The molecule has 1 amide bonds. The van der Waals surface area contributed by atoms with E-state index in [1.807, 2.05) is 7.05 Å². The lowest BCUT2D eigenvalue weighted by molar-refractivity contribution is 0.160. The van der Waals surface area contributed by atoms with Gasteiger partial charge in [0.2, 0.25) is 0 Å². The first-order chi connectivity index (χ1) is 7.31. The van der Waals surface area contributed by atoms with E-state index in [0.29, 0.717) is 6.54 Å². The fraction of sp³-hybridized carbons (Fsp3) is 0.727. The van der Waals surface area contributed by atoms with Crippen molar-refractivity contribution in [3.8, 4) is 12.3 Å². The molecule has 0 radical (unpaired) electrons. The quantitative estimate of drug-likeness (QED) is 0.468. The lowest BCUT2D eigenvalue weighted by Crippen LogP contribution is -2.25. The van der Waals surface area contributed by atoms with Gasteiger partial charge in [-0.05, 0) is 26.4 Å². The van der Waals surface area contributed by atoms with Crippen molar-refractivity contribution in [1.29, 1.82) is 0 Å². The van der Waals surface area contributed by atoms with Crippen molar-refractivity contribution < 1.29 is 9.53 Å². The highest BCUT2D eigenvalue weighted by molar-refractivity contribution is 5.67. The van der Waals surface area contributed by atoms with Crippen LogP contribution in [-0.2, 0) is 4.74 Å². The van der Waals surface area contributed by atoms with Gasteiger partial charge in [-0.3, -0.25) is 0 Å². The molecule has 2 N–H and O–H groups in total. The molecule has 0 aliphatic rings. The second-order valence-electron chi connectivity index (χ2n) is 3.22. The largest absolute Gasteiger partial charge is 0.436 e. The smallest absolute Gasteiger partial charge is 0.408 e. The topological polar surface area (TPSA) is 50.4 Å². The number of terminal acetylenes is 1. The van der Waals surface area contributed by atoms with Gasteiger partial charge < -0.3 is 15.4 Å². The number of ether oxygens (including phenoxy) is 1. The van der Waals surface area contributed by atoms with Crippen molar-refractivity contribution >= 4 is 6.09 Å². The third kappa shape index (κ3) is 10.7. The SMILES string of the molecule is C#CCOC(=O)NCCCCCCNC. The Morgan fingerprint density at radius 3 is 2.53 bits per heavy atom. The van der Waals surface area contributed by atoms with Crippen molar-refractivity contribution in [1.82, 2.24) is 10.6 Å². The summed E-state index contributed by atoms with van der Waals surface area (Å²) in [7, 11) is 1.95. The molecule has 86 valence electrons. The van der Waals surface area contributed by atoms with Crippen molar-refractivity contribution in [2.45, 2.75) is 25.7 Å². The van der Waals surface area contributed by atoms with Gasteiger partial charge in [0.1, 0.15) is 0 Å². The Morgan fingerprint density at radius 1 is 1.27 bits per heavy atom. The third-order valence-electron chi connectivity index (χ3n) is 1.91. The van der Waals surface area contributed by atoms with Gasteiger partial charge in [-0.2, -0.15) is 0 Å². The molecule has 0 aromatic carbocycles. The summed E-state index contributed by atoms with van der Waals surface area (Å²) in [4.78, 5) is 10.9. The van der Waals surface area contributed by atoms with E-state index >= 15 is 0 Å². The van der Waals surface area contributed by atoms with Crippen LogP contribution in [0.1, 0.15) is 25.7 Å². The Labute approximate surface area is 91.8 Å². The van der Waals surface area contributed by atoms with Crippen molar-refractivity contribution in [3.05, 3.63) is 0 Å². The van der Waals surface area contributed by atoms with Crippen LogP contribution in [0.4, 0.5) is 4.79 Å². The molecule has 15 heavy (non-hydrogen) atoms. The number of rotatable bonds is 8. The Hall–Kier alpha value is -1.21. The molecule has 0 saturated carbocycles. The summed E-state index contributed by atoms with van der Waals surface area (Å²) in [6, 6.07) is 0. The summed E-state index contributed by atoms with van der Waals surface area (Å²) < 4.78 is 4.64. The first-order valence-corrected chi connectivity index (χ1v) is 5.30. The highest BCUT2D eigenvalue weighted by Gasteiger charge is 1.98. The molecule has 0 unspecified atom stereocenters. The molecule has 0 aliphatic carbocycles. The fourth-order valence-corrected chi connectivity index (χ4v) is 1.13. The molecule has 4 heteroatoms. The third-order valence-corrected chi connectivity index (χ3v) is 1.91. The van der Waals surface area contributed by atoms with Crippen LogP contribution >= 0.6 is 0 Å². The lowest BCUT2D eigenvalue weighted by Gasteiger charge is -2.04. The summed E-state index contributed by atoms with van der Waals surface area (Å²) in [5.74, 6) is 2.23. The van der Waals surface area contributed by atoms with Gasteiger partial charge in [0.05, 0.1) is 0 Å². The molecular weight excluding hydrogens is 192 g/mol. The van der Waals surface area contributed by atoms with Crippen LogP contribution in [0.15, 0.2) is 0 Å².